The zero-order valence-corrected chi connectivity index (χ0v) is 11.4. The van der Waals surface area contributed by atoms with Gasteiger partial charge in [0.2, 0.25) is 0 Å². The predicted molar refractivity (Wildman–Crippen MR) is 74.5 cm³/mol. The van der Waals surface area contributed by atoms with Gasteiger partial charge < -0.3 is 11.1 Å². The lowest BCUT2D eigenvalue weighted by Gasteiger charge is -2.13. The number of nitrogens with two attached hydrogens (primary N) is 1. The summed E-state index contributed by atoms with van der Waals surface area (Å²) >= 11 is 1.70. The van der Waals surface area contributed by atoms with E-state index >= 15 is 0 Å². The van der Waals surface area contributed by atoms with Crippen molar-refractivity contribution in [2.45, 2.75) is 37.3 Å². The molecular formula is C13H20N2OS. The Balaban J connectivity index is 2.99. The van der Waals surface area contributed by atoms with Crippen LogP contribution in [0.2, 0.25) is 0 Å². The molecule has 1 rings (SSSR count). The molecule has 0 aliphatic rings. The molecule has 0 aliphatic carbocycles. The topological polar surface area (TPSA) is 55.1 Å². The number of nitrogens with one attached hydrogen (secondary N) is 1. The van der Waals surface area contributed by atoms with E-state index in [1.165, 1.54) is 0 Å². The van der Waals surface area contributed by atoms with Gasteiger partial charge in [-0.2, -0.15) is 0 Å². The molecule has 1 atom stereocenters. The van der Waals surface area contributed by atoms with Crippen LogP contribution in [0.15, 0.2) is 23.1 Å². The molecule has 4 heteroatoms. The molecule has 3 nitrogen and oxygen atoms in total. The van der Waals surface area contributed by atoms with Gasteiger partial charge in [0.05, 0.1) is 5.56 Å². The summed E-state index contributed by atoms with van der Waals surface area (Å²) in [6.07, 6.45) is 1.06. The number of anilines is 1. The molecule has 94 valence electrons. The van der Waals surface area contributed by atoms with Crippen molar-refractivity contribution in [1.82, 2.24) is 5.32 Å². The van der Waals surface area contributed by atoms with Gasteiger partial charge in [0.15, 0.2) is 0 Å². The summed E-state index contributed by atoms with van der Waals surface area (Å²) in [5.41, 5.74) is 7.19. The number of hydrogen-bond acceptors (Lipinski definition) is 3. The van der Waals surface area contributed by atoms with Gasteiger partial charge in [-0.1, -0.05) is 13.8 Å². The molecule has 0 aliphatic heterocycles. The Morgan fingerprint density at radius 1 is 1.47 bits per heavy atom. The van der Waals surface area contributed by atoms with Gasteiger partial charge in [-0.3, -0.25) is 4.79 Å². The molecule has 0 radical (unpaired) electrons. The number of thioether (sulfide) groups is 1. The molecule has 1 unspecified atom stereocenters. The normalized spacial score (nSPS) is 12.2. The second-order valence-corrected chi connectivity index (χ2v) is 5.43. The molecule has 0 spiro atoms. The maximum atomic E-state index is 11.9. The number of amides is 1. The van der Waals surface area contributed by atoms with E-state index in [1.54, 1.807) is 23.9 Å². The van der Waals surface area contributed by atoms with Gasteiger partial charge >= 0.3 is 0 Å². The average Bonchev–Trinajstić information content (AvgIpc) is 2.29. The van der Waals surface area contributed by atoms with Crippen molar-refractivity contribution in [3.05, 3.63) is 23.8 Å². The average molecular weight is 252 g/mol. The fourth-order valence-electron chi connectivity index (χ4n) is 1.38. The lowest BCUT2D eigenvalue weighted by molar-refractivity contribution is 0.0953. The third-order valence-electron chi connectivity index (χ3n) is 2.49. The first-order chi connectivity index (χ1) is 8.08. The van der Waals surface area contributed by atoms with Crippen LogP contribution in [0.4, 0.5) is 5.69 Å². The SMILES string of the molecule is CCNC(=O)c1ccc(N)cc1SC(C)CC. The Bertz CT molecular complexity index is 393. The van der Waals surface area contributed by atoms with Crippen molar-refractivity contribution in [3.8, 4) is 0 Å². The fraction of sp³-hybridized carbons (Fsp3) is 0.462. The van der Waals surface area contributed by atoms with Crippen LogP contribution in [0.3, 0.4) is 0 Å². The van der Waals surface area contributed by atoms with Crippen molar-refractivity contribution in [3.63, 3.8) is 0 Å². The molecule has 0 fully saturated rings. The number of benzene rings is 1. The fourth-order valence-corrected chi connectivity index (χ4v) is 2.47. The van der Waals surface area contributed by atoms with E-state index in [-0.39, 0.29) is 5.91 Å². The standard InChI is InChI=1S/C13H20N2OS/c1-4-9(3)17-12-8-10(14)6-7-11(12)13(16)15-5-2/h6-9H,4-5,14H2,1-3H3,(H,15,16). The zero-order valence-electron chi connectivity index (χ0n) is 10.6. The van der Waals surface area contributed by atoms with Gasteiger partial charge in [0.25, 0.3) is 5.91 Å². The first-order valence-electron chi connectivity index (χ1n) is 5.92. The van der Waals surface area contributed by atoms with Crippen molar-refractivity contribution in [1.29, 1.82) is 0 Å². The first-order valence-corrected chi connectivity index (χ1v) is 6.80. The quantitative estimate of drug-likeness (QED) is 0.626. The molecule has 1 amide bonds. The van der Waals surface area contributed by atoms with E-state index in [4.69, 9.17) is 5.73 Å². The third-order valence-corrected chi connectivity index (χ3v) is 3.82. The van der Waals surface area contributed by atoms with E-state index in [2.05, 4.69) is 19.2 Å². The number of nitrogen functional groups attached to an aromatic ring is 1. The third kappa shape index (κ3) is 3.97. The molecule has 0 aromatic heterocycles. The minimum atomic E-state index is -0.0293. The molecule has 0 saturated carbocycles. The number of carbonyl (C=O) groups excluding carboxylic acids is 1. The summed E-state index contributed by atoms with van der Waals surface area (Å²) in [6.45, 7) is 6.83. The Morgan fingerprint density at radius 3 is 2.76 bits per heavy atom. The Morgan fingerprint density at radius 2 is 2.18 bits per heavy atom. The molecule has 1 aromatic rings. The second-order valence-electron chi connectivity index (χ2n) is 3.95. The van der Waals surface area contributed by atoms with Gasteiger partial charge in [0, 0.05) is 22.4 Å². The number of rotatable bonds is 5. The highest BCUT2D eigenvalue weighted by atomic mass is 32.2. The van der Waals surface area contributed by atoms with Crippen LogP contribution in [-0.4, -0.2) is 17.7 Å². The summed E-state index contributed by atoms with van der Waals surface area (Å²) < 4.78 is 0. The highest BCUT2D eigenvalue weighted by Crippen LogP contribution is 2.30. The summed E-state index contributed by atoms with van der Waals surface area (Å²) in [7, 11) is 0. The van der Waals surface area contributed by atoms with Crippen LogP contribution < -0.4 is 11.1 Å². The van der Waals surface area contributed by atoms with Crippen molar-refractivity contribution in [2.75, 3.05) is 12.3 Å². The highest BCUT2D eigenvalue weighted by Gasteiger charge is 2.13. The summed E-state index contributed by atoms with van der Waals surface area (Å²) in [5.74, 6) is -0.0293. The minimum absolute atomic E-state index is 0.0293. The van der Waals surface area contributed by atoms with Crippen LogP contribution in [0.1, 0.15) is 37.6 Å². The lowest BCUT2D eigenvalue weighted by atomic mass is 10.2. The molecule has 0 heterocycles. The van der Waals surface area contributed by atoms with Gasteiger partial charge in [-0.05, 0) is 31.5 Å². The minimum Gasteiger partial charge on any atom is -0.399 e. The van der Waals surface area contributed by atoms with Crippen LogP contribution in [-0.2, 0) is 0 Å². The smallest absolute Gasteiger partial charge is 0.252 e. The van der Waals surface area contributed by atoms with E-state index in [0.717, 1.165) is 11.3 Å². The molecule has 0 saturated heterocycles. The van der Waals surface area contributed by atoms with Crippen molar-refractivity contribution >= 4 is 23.4 Å². The predicted octanol–water partition coefficient (Wildman–Crippen LogP) is 2.91. The van der Waals surface area contributed by atoms with Crippen LogP contribution >= 0.6 is 11.8 Å². The van der Waals surface area contributed by atoms with Crippen LogP contribution in [0.25, 0.3) is 0 Å². The highest BCUT2D eigenvalue weighted by molar-refractivity contribution is 8.00. The van der Waals surface area contributed by atoms with Crippen LogP contribution in [0.5, 0.6) is 0 Å². The molecule has 3 N–H and O–H groups in total. The Hall–Kier alpha value is -1.16. The first kappa shape index (κ1) is 13.9. The molecule has 1 aromatic carbocycles. The Kier molecular flexibility index (Phi) is 5.35. The largest absolute Gasteiger partial charge is 0.399 e. The number of carbonyl (C=O) groups is 1. The monoisotopic (exact) mass is 252 g/mol. The molecule has 17 heavy (non-hydrogen) atoms. The maximum Gasteiger partial charge on any atom is 0.252 e. The maximum absolute atomic E-state index is 11.9. The molecular weight excluding hydrogens is 232 g/mol. The zero-order chi connectivity index (χ0) is 12.8. The van der Waals surface area contributed by atoms with E-state index in [1.807, 2.05) is 13.0 Å². The van der Waals surface area contributed by atoms with Crippen molar-refractivity contribution < 1.29 is 4.79 Å². The van der Waals surface area contributed by atoms with E-state index in [0.29, 0.717) is 23.0 Å². The summed E-state index contributed by atoms with van der Waals surface area (Å²) in [6, 6.07) is 5.44. The summed E-state index contributed by atoms with van der Waals surface area (Å²) in [5, 5.41) is 3.30. The van der Waals surface area contributed by atoms with Gasteiger partial charge in [0.1, 0.15) is 0 Å². The van der Waals surface area contributed by atoms with Crippen molar-refractivity contribution in [2.24, 2.45) is 0 Å². The van der Waals surface area contributed by atoms with E-state index < -0.39 is 0 Å². The molecule has 0 bridgehead atoms. The van der Waals surface area contributed by atoms with Gasteiger partial charge in [-0.25, -0.2) is 0 Å². The summed E-state index contributed by atoms with van der Waals surface area (Å²) in [4.78, 5) is 12.8. The van der Waals surface area contributed by atoms with Crippen LogP contribution in [0, 0.1) is 0 Å². The van der Waals surface area contributed by atoms with Gasteiger partial charge in [-0.15, -0.1) is 11.8 Å². The lowest BCUT2D eigenvalue weighted by Crippen LogP contribution is -2.23. The number of hydrogen-bond donors (Lipinski definition) is 2. The van der Waals surface area contributed by atoms with E-state index in [9.17, 15) is 4.79 Å². The second kappa shape index (κ2) is 6.55. The Labute approximate surface area is 107 Å².